The molecule has 116 valence electrons. The van der Waals surface area contributed by atoms with Gasteiger partial charge in [-0.1, -0.05) is 12.1 Å². The predicted molar refractivity (Wildman–Crippen MR) is 82.2 cm³/mol. The number of aliphatic hydroxyl groups excluding tert-OH is 1. The average Bonchev–Trinajstić information content (AvgIpc) is 2.47. The Hall–Kier alpha value is -2.51. The number of rotatable bonds is 6. The van der Waals surface area contributed by atoms with Gasteiger partial charge in [0.1, 0.15) is 17.6 Å². The molecule has 0 unspecified atom stereocenters. The number of nitro groups is 1. The molecule has 2 rings (SSSR count). The number of hydrogen-bond acceptors (Lipinski definition) is 6. The number of nitrogens with one attached hydrogen (secondary N) is 1. The van der Waals surface area contributed by atoms with Crippen LogP contribution in [0.3, 0.4) is 0 Å². The minimum atomic E-state index is -0.710. The number of aliphatic hydroxyl groups is 1. The van der Waals surface area contributed by atoms with Crippen LogP contribution in [0.5, 0.6) is 0 Å². The van der Waals surface area contributed by atoms with Crippen molar-refractivity contribution in [2.24, 2.45) is 0 Å². The fourth-order valence-electron chi connectivity index (χ4n) is 2.04. The molecular formula is C15H17N3O4. The number of hydrogen-bond donors (Lipinski definition) is 2. The molecule has 0 aliphatic carbocycles. The highest BCUT2D eigenvalue weighted by molar-refractivity contribution is 5.58. The van der Waals surface area contributed by atoms with Crippen LogP contribution in [0, 0.1) is 17.0 Å². The average molecular weight is 303 g/mol. The Labute approximate surface area is 127 Å². The number of ether oxygens (including phenoxy) is 1. The first-order valence-corrected chi connectivity index (χ1v) is 6.67. The molecule has 7 heteroatoms. The molecule has 0 radical (unpaired) electrons. The van der Waals surface area contributed by atoms with Gasteiger partial charge in [0.15, 0.2) is 0 Å². The van der Waals surface area contributed by atoms with Gasteiger partial charge in [-0.05, 0) is 30.7 Å². The van der Waals surface area contributed by atoms with Gasteiger partial charge in [-0.2, -0.15) is 0 Å². The van der Waals surface area contributed by atoms with E-state index in [1.165, 1.54) is 13.2 Å². The maximum atomic E-state index is 10.8. The van der Waals surface area contributed by atoms with Crippen molar-refractivity contribution in [2.75, 3.05) is 19.0 Å². The fraction of sp³-hybridized carbons (Fsp3) is 0.267. The lowest BCUT2D eigenvalue weighted by molar-refractivity contribution is -0.385. The molecule has 0 fully saturated rings. The first kappa shape index (κ1) is 15.9. The molecule has 0 aliphatic rings. The minimum Gasteiger partial charge on any atom is -0.386 e. The Balaban J connectivity index is 2.19. The summed E-state index contributed by atoms with van der Waals surface area (Å²) in [4.78, 5) is 14.5. The molecule has 7 nitrogen and oxygen atoms in total. The Kier molecular flexibility index (Phi) is 5.03. The zero-order valence-corrected chi connectivity index (χ0v) is 12.3. The molecule has 2 aromatic rings. The molecule has 2 N–H and O–H groups in total. The second-order valence-electron chi connectivity index (χ2n) is 4.78. The molecule has 0 bridgehead atoms. The zero-order valence-electron chi connectivity index (χ0n) is 12.3. The van der Waals surface area contributed by atoms with Gasteiger partial charge in [0, 0.05) is 18.9 Å². The molecule has 0 amide bonds. The molecule has 0 spiro atoms. The Morgan fingerprint density at radius 2 is 2.18 bits per heavy atom. The summed E-state index contributed by atoms with van der Waals surface area (Å²) in [7, 11) is 1.52. The highest BCUT2D eigenvalue weighted by atomic mass is 16.6. The van der Waals surface area contributed by atoms with E-state index in [1.54, 1.807) is 31.2 Å². The van der Waals surface area contributed by atoms with Crippen LogP contribution in [0.1, 0.15) is 17.4 Å². The molecule has 1 aromatic carbocycles. The molecule has 0 aliphatic heterocycles. The van der Waals surface area contributed by atoms with E-state index in [9.17, 15) is 15.2 Å². The van der Waals surface area contributed by atoms with Crippen molar-refractivity contribution in [3.63, 3.8) is 0 Å². The van der Waals surface area contributed by atoms with Crippen molar-refractivity contribution < 1.29 is 14.8 Å². The number of aromatic nitrogens is 1. The summed E-state index contributed by atoms with van der Waals surface area (Å²) < 4.78 is 4.92. The van der Waals surface area contributed by atoms with Crippen LogP contribution < -0.4 is 5.32 Å². The molecule has 0 saturated carbocycles. The van der Waals surface area contributed by atoms with E-state index < -0.39 is 11.0 Å². The molecule has 1 aromatic heterocycles. The van der Waals surface area contributed by atoms with Crippen molar-refractivity contribution in [1.82, 2.24) is 4.98 Å². The SMILES string of the molecule is COC[C@@H](O)c1cccc(Nc2ccc([N+](=O)[O-])c(C)n2)c1. The highest BCUT2D eigenvalue weighted by Gasteiger charge is 2.12. The van der Waals surface area contributed by atoms with Crippen LogP contribution in [0.4, 0.5) is 17.2 Å². The Morgan fingerprint density at radius 1 is 1.41 bits per heavy atom. The second kappa shape index (κ2) is 6.97. The van der Waals surface area contributed by atoms with Crippen molar-refractivity contribution in [2.45, 2.75) is 13.0 Å². The van der Waals surface area contributed by atoms with Gasteiger partial charge < -0.3 is 15.2 Å². The largest absolute Gasteiger partial charge is 0.386 e. The lowest BCUT2D eigenvalue weighted by atomic mass is 10.1. The quantitative estimate of drug-likeness (QED) is 0.629. The van der Waals surface area contributed by atoms with E-state index in [1.807, 2.05) is 6.07 Å². The summed E-state index contributed by atoms with van der Waals surface area (Å²) in [5, 5.41) is 23.7. The van der Waals surface area contributed by atoms with Gasteiger partial charge in [0.25, 0.3) is 5.69 Å². The third kappa shape index (κ3) is 3.78. The van der Waals surface area contributed by atoms with E-state index >= 15 is 0 Å². The summed E-state index contributed by atoms with van der Waals surface area (Å²) >= 11 is 0. The van der Waals surface area contributed by atoms with Crippen LogP contribution in [0.25, 0.3) is 0 Å². The second-order valence-corrected chi connectivity index (χ2v) is 4.78. The van der Waals surface area contributed by atoms with Crippen LogP contribution >= 0.6 is 0 Å². The molecule has 1 atom stereocenters. The number of nitrogens with zero attached hydrogens (tertiary/aromatic N) is 2. The lowest BCUT2D eigenvalue weighted by Gasteiger charge is -2.12. The van der Waals surface area contributed by atoms with Crippen molar-refractivity contribution in [1.29, 1.82) is 0 Å². The van der Waals surface area contributed by atoms with Gasteiger partial charge in [0.05, 0.1) is 11.5 Å². The molecule has 22 heavy (non-hydrogen) atoms. The number of aryl methyl sites for hydroxylation is 1. The Bertz CT molecular complexity index is 676. The summed E-state index contributed by atoms with van der Waals surface area (Å²) in [6, 6.07) is 10.2. The first-order valence-electron chi connectivity index (χ1n) is 6.67. The topological polar surface area (TPSA) is 97.5 Å². The van der Waals surface area contributed by atoms with E-state index in [-0.39, 0.29) is 12.3 Å². The van der Waals surface area contributed by atoms with Gasteiger partial charge in [-0.25, -0.2) is 4.98 Å². The minimum absolute atomic E-state index is 0.0187. The van der Waals surface area contributed by atoms with Crippen LogP contribution in [-0.2, 0) is 4.74 Å². The van der Waals surface area contributed by atoms with Crippen molar-refractivity contribution >= 4 is 17.2 Å². The van der Waals surface area contributed by atoms with Gasteiger partial charge >= 0.3 is 0 Å². The van der Waals surface area contributed by atoms with Crippen LogP contribution in [0.2, 0.25) is 0 Å². The number of methoxy groups -OCH3 is 1. The third-order valence-corrected chi connectivity index (χ3v) is 3.12. The lowest BCUT2D eigenvalue weighted by Crippen LogP contribution is -2.05. The van der Waals surface area contributed by atoms with Crippen LogP contribution in [0.15, 0.2) is 36.4 Å². The fourth-order valence-corrected chi connectivity index (χ4v) is 2.04. The summed E-state index contributed by atoms with van der Waals surface area (Å²) in [6.07, 6.45) is -0.710. The van der Waals surface area contributed by atoms with Gasteiger partial charge in [-0.15, -0.1) is 0 Å². The maximum absolute atomic E-state index is 10.8. The first-order chi connectivity index (χ1) is 10.5. The molecule has 1 heterocycles. The number of benzene rings is 1. The standard InChI is InChI=1S/C15H17N3O4/c1-10-13(18(20)21)6-7-15(16-10)17-12-5-3-4-11(8-12)14(19)9-22-2/h3-8,14,19H,9H2,1-2H3,(H,16,17)/t14-/m1/s1. The van der Waals surface area contributed by atoms with Crippen molar-refractivity contribution in [3.05, 3.63) is 57.8 Å². The highest BCUT2D eigenvalue weighted by Crippen LogP contribution is 2.23. The third-order valence-electron chi connectivity index (χ3n) is 3.12. The molecule has 0 saturated heterocycles. The normalized spacial score (nSPS) is 12.0. The van der Waals surface area contributed by atoms with E-state index in [4.69, 9.17) is 4.74 Å². The molecular weight excluding hydrogens is 286 g/mol. The number of anilines is 2. The summed E-state index contributed by atoms with van der Waals surface area (Å²) in [6.45, 7) is 1.79. The van der Waals surface area contributed by atoms with E-state index in [0.717, 1.165) is 5.69 Å². The van der Waals surface area contributed by atoms with Gasteiger partial charge in [-0.3, -0.25) is 10.1 Å². The van der Waals surface area contributed by atoms with Gasteiger partial charge in [0.2, 0.25) is 0 Å². The summed E-state index contributed by atoms with van der Waals surface area (Å²) in [5.74, 6) is 0.501. The monoisotopic (exact) mass is 303 g/mol. The van der Waals surface area contributed by atoms with E-state index in [2.05, 4.69) is 10.3 Å². The van der Waals surface area contributed by atoms with Crippen molar-refractivity contribution in [3.8, 4) is 0 Å². The maximum Gasteiger partial charge on any atom is 0.290 e. The summed E-state index contributed by atoms with van der Waals surface area (Å²) in [5.41, 5.74) is 1.76. The number of pyridine rings is 1. The van der Waals surface area contributed by atoms with E-state index in [0.29, 0.717) is 17.1 Å². The van der Waals surface area contributed by atoms with Crippen LogP contribution in [-0.4, -0.2) is 28.7 Å². The zero-order chi connectivity index (χ0) is 16.1. The predicted octanol–water partition coefficient (Wildman–Crippen LogP) is 2.72. The smallest absolute Gasteiger partial charge is 0.290 e. The Morgan fingerprint density at radius 3 is 2.82 bits per heavy atom.